The van der Waals surface area contributed by atoms with E-state index in [2.05, 4.69) is 16.0 Å². The van der Waals surface area contributed by atoms with Gasteiger partial charge in [0.05, 0.1) is 17.6 Å². The molecule has 0 spiro atoms. The van der Waals surface area contributed by atoms with Crippen LogP contribution < -0.4 is 5.73 Å². The first-order valence-corrected chi connectivity index (χ1v) is 6.40. The quantitative estimate of drug-likeness (QED) is 0.789. The lowest BCUT2D eigenvalue weighted by Crippen LogP contribution is -2.03. The van der Waals surface area contributed by atoms with E-state index < -0.39 is 0 Å². The largest absolute Gasteiger partial charge is 0.383 e. The van der Waals surface area contributed by atoms with E-state index in [0.717, 1.165) is 5.56 Å². The Balaban J connectivity index is 1.82. The van der Waals surface area contributed by atoms with Gasteiger partial charge in [0, 0.05) is 6.20 Å². The first-order chi connectivity index (χ1) is 10.3. The summed E-state index contributed by atoms with van der Waals surface area (Å²) in [5.74, 6) is 0.304. The van der Waals surface area contributed by atoms with Crippen LogP contribution in [0.25, 0.3) is 11.0 Å². The van der Waals surface area contributed by atoms with Crippen LogP contribution in [-0.4, -0.2) is 14.5 Å². The molecule has 6 heteroatoms. The summed E-state index contributed by atoms with van der Waals surface area (Å²) in [6.45, 7) is 0.784. The molecule has 3 aromatic rings. The Bertz CT molecular complexity index is 804. The van der Waals surface area contributed by atoms with E-state index in [1.807, 2.05) is 30.3 Å². The van der Waals surface area contributed by atoms with Gasteiger partial charge in [-0.05, 0) is 5.56 Å². The van der Waals surface area contributed by atoms with Gasteiger partial charge in [0.15, 0.2) is 0 Å². The van der Waals surface area contributed by atoms with Crippen molar-refractivity contribution in [2.45, 2.75) is 13.3 Å². The summed E-state index contributed by atoms with van der Waals surface area (Å²) in [5.41, 5.74) is 7.95. The molecule has 0 fully saturated rings. The molecule has 0 saturated carbocycles. The second-order valence-corrected chi connectivity index (χ2v) is 4.55. The Morgan fingerprint density at radius 3 is 2.81 bits per heavy atom. The Morgan fingerprint density at radius 1 is 1.24 bits per heavy atom. The van der Waals surface area contributed by atoms with Crippen LogP contribution in [0.15, 0.2) is 42.9 Å². The van der Waals surface area contributed by atoms with Crippen molar-refractivity contribution in [2.24, 2.45) is 0 Å². The summed E-state index contributed by atoms with van der Waals surface area (Å²) in [5, 5.41) is 9.73. The van der Waals surface area contributed by atoms with Crippen molar-refractivity contribution >= 4 is 16.9 Å². The first kappa shape index (κ1) is 13.1. The first-order valence-electron chi connectivity index (χ1n) is 6.40. The second kappa shape index (κ2) is 5.61. The third kappa shape index (κ3) is 2.55. The molecule has 2 heterocycles. The third-order valence-electron chi connectivity index (χ3n) is 3.15. The topological polar surface area (TPSA) is 89.8 Å². The molecule has 0 amide bonds. The average molecular weight is 279 g/mol. The predicted octanol–water partition coefficient (Wildman–Crippen LogP) is 2.06. The Kier molecular flexibility index (Phi) is 3.50. The van der Waals surface area contributed by atoms with Gasteiger partial charge in [0.1, 0.15) is 30.6 Å². The van der Waals surface area contributed by atoms with Crippen LogP contribution in [0.1, 0.15) is 11.1 Å². The van der Waals surface area contributed by atoms with E-state index in [-0.39, 0.29) is 0 Å². The lowest BCUT2D eigenvalue weighted by Gasteiger charge is -2.06. The summed E-state index contributed by atoms with van der Waals surface area (Å²) in [6, 6.07) is 12.0. The molecule has 0 unspecified atom stereocenters. The molecular formula is C15H13N5O. The highest BCUT2D eigenvalue weighted by atomic mass is 16.5. The molecule has 0 aliphatic carbocycles. The van der Waals surface area contributed by atoms with Crippen molar-refractivity contribution in [1.29, 1.82) is 5.26 Å². The number of nitrogens with two attached hydrogens (primary N) is 1. The third-order valence-corrected chi connectivity index (χ3v) is 3.15. The molecule has 21 heavy (non-hydrogen) atoms. The highest BCUT2D eigenvalue weighted by molar-refractivity contribution is 5.91. The van der Waals surface area contributed by atoms with Gasteiger partial charge in [-0.25, -0.2) is 9.97 Å². The van der Waals surface area contributed by atoms with Gasteiger partial charge in [-0.15, -0.1) is 0 Å². The molecule has 2 N–H and O–H groups in total. The maximum atomic E-state index is 9.16. The number of ether oxygens (including phenoxy) is 1. The van der Waals surface area contributed by atoms with Crippen LogP contribution in [-0.2, 0) is 18.1 Å². The molecule has 6 nitrogen and oxygen atoms in total. The van der Waals surface area contributed by atoms with E-state index in [4.69, 9.17) is 15.7 Å². The average Bonchev–Trinajstić information content (AvgIpc) is 2.88. The van der Waals surface area contributed by atoms with Crippen molar-refractivity contribution in [2.75, 3.05) is 5.73 Å². The highest BCUT2D eigenvalue weighted by Gasteiger charge is 2.12. The summed E-state index contributed by atoms with van der Waals surface area (Å²) in [6.07, 6.45) is 3.06. The van der Waals surface area contributed by atoms with Crippen LogP contribution in [0.4, 0.5) is 5.82 Å². The van der Waals surface area contributed by atoms with Gasteiger partial charge in [-0.2, -0.15) is 5.26 Å². The molecule has 104 valence electrons. The summed E-state index contributed by atoms with van der Waals surface area (Å²) in [7, 11) is 0. The zero-order valence-corrected chi connectivity index (χ0v) is 11.2. The monoisotopic (exact) mass is 279 g/mol. The minimum atomic E-state index is 0.295. The SMILES string of the molecule is N#Cc1cn(COCc2ccccc2)c2ncnc(N)c12. The summed E-state index contributed by atoms with van der Waals surface area (Å²) in [4.78, 5) is 8.10. The number of hydrogen-bond acceptors (Lipinski definition) is 5. The fourth-order valence-corrected chi connectivity index (χ4v) is 2.17. The van der Waals surface area contributed by atoms with Gasteiger partial charge in [0.25, 0.3) is 0 Å². The van der Waals surface area contributed by atoms with Crippen LogP contribution >= 0.6 is 0 Å². The van der Waals surface area contributed by atoms with Crippen molar-refractivity contribution in [1.82, 2.24) is 14.5 Å². The zero-order chi connectivity index (χ0) is 14.7. The fourth-order valence-electron chi connectivity index (χ4n) is 2.17. The molecule has 0 aliphatic rings. The standard InChI is InChI=1S/C15H13N5O/c16-6-12-7-20(15-13(12)14(17)18-9-19-15)10-21-8-11-4-2-1-3-5-11/h1-5,7,9H,8,10H2,(H2,17,18,19). The molecule has 0 atom stereocenters. The number of hydrogen-bond donors (Lipinski definition) is 1. The minimum absolute atomic E-state index is 0.295. The molecule has 0 radical (unpaired) electrons. The maximum absolute atomic E-state index is 9.16. The maximum Gasteiger partial charge on any atom is 0.148 e. The van der Waals surface area contributed by atoms with Crippen molar-refractivity contribution in [3.05, 3.63) is 54.0 Å². The molecule has 2 aromatic heterocycles. The Hall–Kier alpha value is -2.91. The number of nitrogens with zero attached hydrogens (tertiary/aromatic N) is 4. The van der Waals surface area contributed by atoms with Gasteiger partial charge in [0.2, 0.25) is 0 Å². The lowest BCUT2D eigenvalue weighted by atomic mass is 10.2. The number of nitrogen functional groups attached to an aromatic ring is 1. The van der Waals surface area contributed by atoms with Crippen molar-refractivity contribution < 1.29 is 4.74 Å². The zero-order valence-electron chi connectivity index (χ0n) is 11.2. The summed E-state index contributed by atoms with van der Waals surface area (Å²) >= 11 is 0. The van der Waals surface area contributed by atoms with Crippen LogP contribution in [0.5, 0.6) is 0 Å². The Morgan fingerprint density at radius 2 is 2.05 bits per heavy atom. The summed E-state index contributed by atoms with van der Waals surface area (Å²) < 4.78 is 7.42. The number of nitriles is 1. The molecule has 0 bridgehead atoms. The normalized spacial score (nSPS) is 10.6. The predicted molar refractivity (Wildman–Crippen MR) is 77.9 cm³/mol. The lowest BCUT2D eigenvalue weighted by molar-refractivity contribution is 0.0664. The minimum Gasteiger partial charge on any atom is -0.383 e. The van der Waals surface area contributed by atoms with E-state index in [1.54, 1.807) is 10.8 Å². The number of fused-ring (bicyclic) bond motifs is 1. The molecule has 0 saturated heterocycles. The van der Waals surface area contributed by atoms with Gasteiger partial charge >= 0.3 is 0 Å². The molecular weight excluding hydrogens is 266 g/mol. The smallest absolute Gasteiger partial charge is 0.148 e. The van der Waals surface area contributed by atoms with Crippen molar-refractivity contribution in [3.8, 4) is 6.07 Å². The van der Waals surface area contributed by atoms with Gasteiger partial charge in [-0.3, -0.25) is 0 Å². The molecule has 0 aliphatic heterocycles. The van der Waals surface area contributed by atoms with E-state index in [9.17, 15) is 0 Å². The van der Waals surface area contributed by atoms with Crippen LogP contribution in [0, 0.1) is 11.3 Å². The van der Waals surface area contributed by atoms with Gasteiger partial charge in [-0.1, -0.05) is 30.3 Å². The molecule has 3 rings (SSSR count). The van der Waals surface area contributed by atoms with E-state index in [1.165, 1.54) is 6.33 Å². The molecule has 1 aromatic carbocycles. The number of anilines is 1. The fraction of sp³-hybridized carbons (Fsp3) is 0.133. The van der Waals surface area contributed by atoms with E-state index in [0.29, 0.717) is 35.8 Å². The van der Waals surface area contributed by atoms with Crippen molar-refractivity contribution in [3.63, 3.8) is 0 Å². The highest BCUT2D eigenvalue weighted by Crippen LogP contribution is 2.23. The van der Waals surface area contributed by atoms with Gasteiger partial charge < -0.3 is 15.0 Å². The number of benzene rings is 1. The van der Waals surface area contributed by atoms with Crippen LogP contribution in [0.2, 0.25) is 0 Å². The number of aromatic nitrogens is 3. The Labute approximate surface area is 121 Å². The number of rotatable bonds is 4. The van der Waals surface area contributed by atoms with Crippen LogP contribution in [0.3, 0.4) is 0 Å². The second-order valence-electron chi connectivity index (χ2n) is 4.55. The van der Waals surface area contributed by atoms with E-state index >= 15 is 0 Å².